The number of carboxylic acid groups (broad SMARTS) is 2. The first kappa shape index (κ1) is 40.7. The number of likely N-dealkylation sites (tertiary alicyclic amines) is 1. The molecule has 16 nitrogen and oxygen atoms in total. The highest BCUT2D eigenvalue weighted by atomic mass is 35.5. The molecule has 0 unspecified atom stereocenters. The minimum atomic E-state index is -5.08. The van der Waals surface area contributed by atoms with Crippen LogP contribution >= 0.6 is 11.6 Å². The number of aryl methyl sites for hydroxylation is 2. The number of benzene rings is 1. The number of fused-ring (bicyclic) bond motifs is 6. The van der Waals surface area contributed by atoms with Gasteiger partial charge in [0.2, 0.25) is 11.9 Å². The summed E-state index contributed by atoms with van der Waals surface area (Å²) in [6.45, 7) is 1.12. The minimum Gasteiger partial charge on any atom is -0.475 e. The molecular formula is C31H28ClF6N9O7. The van der Waals surface area contributed by atoms with Crippen molar-refractivity contribution in [3.8, 4) is 0 Å². The van der Waals surface area contributed by atoms with E-state index in [-0.39, 0.29) is 23.4 Å². The van der Waals surface area contributed by atoms with Gasteiger partial charge in [0.1, 0.15) is 11.2 Å². The Morgan fingerprint density at radius 2 is 1.57 bits per heavy atom. The van der Waals surface area contributed by atoms with Crippen LogP contribution in [0.4, 0.5) is 55.2 Å². The normalized spacial score (nSPS) is 14.1. The molecular weight excluding hydrogens is 760 g/mol. The van der Waals surface area contributed by atoms with E-state index in [1.54, 1.807) is 11.1 Å². The molecule has 5 N–H and O–H groups in total. The van der Waals surface area contributed by atoms with Crippen LogP contribution in [0.25, 0.3) is 0 Å². The summed E-state index contributed by atoms with van der Waals surface area (Å²) in [6.07, 6.45) is -0.509. The Labute approximate surface area is 304 Å². The number of amides is 2. The molecule has 1 fully saturated rings. The Kier molecular flexibility index (Phi) is 13.3. The highest BCUT2D eigenvalue weighted by molar-refractivity contribution is 6.32. The highest BCUT2D eigenvalue weighted by Gasteiger charge is 2.39. The van der Waals surface area contributed by atoms with Crippen LogP contribution in [0, 0.1) is 5.92 Å². The van der Waals surface area contributed by atoms with Crippen LogP contribution in [0.3, 0.4) is 0 Å². The van der Waals surface area contributed by atoms with Gasteiger partial charge < -0.3 is 31.1 Å². The van der Waals surface area contributed by atoms with Crippen LogP contribution in [0.5, 0.6) is 0 Å². The molecule has 2 aliphatic heterocycles. The average Bonchev–Trinajstić information content (AvgIpc) is 3.65. The maximum atomic E-state index is 13.1. The standard InChI is InChI=1S/C27H26ClN9O3.2C2HF3O2/c28-21-14-30-27-33-20-9-17(12-29-13-20)1-2-18-11-19(32-25(21)35-27)3-4-22(18)34-24(38)10-16-5-7-37(8-6-16)26(39)23-15-31-40-36-23;2*3-2(4,5)1(6)7/h3-4,9,11-16H,1-2,5-8,10H2,(H,34,38)(H2,30,32,33,35);2*(H,6,7). The molecule has 1 saturated heterocycles. The second-order valence-electron chi connectivity index (χ2n) is 11.5. The number of carbonyl (C=O) groups excluding carboxylic acids is 2. The summed E-state index contributed by atoms with van der Waals surface area (Å²) in [5.74, 6) is -4.72. The number of hydrogen-bond donors (Lipinski definition) is 5. The van der Waals surface area contributed by atoms with Crippen molar-refractivity contribution in [3.05, 3.63) is 70.9 Å². The van der Waals surface area contributed by atoms with Crippen molar-refractivity contribution in [2.75, 3.05) is 29.0 Å². The van der Waals surface area contributed by atoms with Gasteiger partial charge in [-0.25, -0.2) is 19.2 Å². The first-order valence-corrected chi connectivity index (χ1v) is 15.9. The third kappa shape index (κ3) is 12.0. The van der Waals surface area contributed by atoms with E-state index < -0.39 is 24.3 Å². The third-order valence-electron chi connectivity index (χ3n) is 7.56. The summed E-state index contributed by atoms with van der Waals surface area (Å²) < 4.78 is 68.0. The quantitative estimate of drug-likeness (QED) is 0.158. The number of nitrogens with zero attached hydrogens (tertiary/aromatic N) is 6. The fraction of sp³-hybridized carbons (Fsp3) is 0.323. The molecule has 23 heteroatoms. The number of rotatable bonds is 4. The van der Waals surface area contributed by atoms with E-state index in [2.05, 4.69) is 45.8 Å². The van der Waals surface area contributed by atoms with Gasteiger partial charge in [-0.1, -0.05) is 16.8 Å². The number of carbonyl (C=O) groups is 4. The molecule has 0 spiro atoms. The molecule has 0 saturated carbocycles. The number of hydrogen-bond acceptors (Lipinski definition) is 12. The van der Waals surface area contributed by atoms with Crippen LogP contribution in [0.15, 0.2) is 53.7 Å². The largest absolute Gasteiger partial charge is 0.490 e. The first-order chi connectivity index (χ1) is 25.4. The van der Waals surface area contributed by atoms with Gasteiger partial charge in [0.15, 0.2) is 11.5 Å². The van der Waals surface area contributed by atoms with Crippen LogP contribution in [0.1, 0.15) is 40.9 Å². The zero-order valence-electron chi connectivity index (χ0n) is 27.4. The lowest BCUT2D eigenvalue weighted by Crippen LogP contribution is -2.39. The predicted molar refractivity (Wildman–Crippen MR) is 175 cm³/mol. The van der Waals surface area contributed by atoms with Crippen molar-refractivity contribution in [2.24, 2.45) is 5.92 Å². The van der Waals surface area contributed by atoms with Gasteiger partial charge >= 0.3 is 24.3 Å². The maximum absolute atomic E-state index is 13.1. The van der Waals surface area contributed by atoms with Crippen molar-refractivity contribution in [1.29, 1.82) is 0 Å². The molecule has 2 amide bonds. The van der Waals surface area contributed by atoms with E-state index in [4.69, 9.17) is 31.4 Å². The van der Waals surface area contributed by atoms with Crippen molar-refractivity contribution in [1.82, 2.24) is 30.2 Å². The lowest BCUT2D eigenvalue weighted by molar-refractivity contribution is -0.193. The van der Waals surface area contributed by atoms with E-state index in [0.29, 0.717) is 42.7 Å². The van der Waals surface area contributed by atoms with Crippen LogP contribution in [-0.2, 0) is 27.2 Å². The molecule has 4 aromatic rings. The Morgan fingerprint density at radius 1 is 0.907 bits per heavy atom. The number of aliphatic carboxylic acids is 2. The van der Waals surface area contributed by atoms with E-state index in [0.717, 1.165) is 47.5 Å². The Balaban J connectivity index is 0.000000396. The van der Waals surface area contributed by atoms with Gasteiger partial charge in [-0.2, -0.15) is 31.3 Å². The second-order valence-corrected chi connectivity index (χ2v) is 11.9. The second kappa shape index (κ2) is 17.6. The lowest BCUT2D eigenvalue weighted by Gasteiger charge is -2.31. The number of piperidine rings is 1. The smallest absolute Gasteiger partial charge is 0.475 e. The molecule has 5 heterocycles. The number of halogens is 7. The third-order valence-corrected chi connectivity index (χ3v) is 7.84. The number of alkyl halides is 6. The van der Waals surface area contributed by atoms with Gasteiger partial charge in [0, 0.05) is 37.1 Å². The number of pyridine rings is 1. The Bertz CT molecular complexity index is 1930. The fourth-order valence-corrected chi connectivity index (χ4v) is 5.12. The summed E-state index contributed by atoms with van der Waals surface area (Å²) in [5, 5.41) is 31.3. The fourth-order valence-electron chi connectivity index (χ4n) is 4.98. The molecule has 288 valence electrons. The van der Waals surface area contributed by atoms with Crippen molar-refractivity contribution in [3.63, 3.8) is 0 Å². The molecule has 0 aliphatic carbocycles. The van der Waals surface area contributed by atoms with Gasteiger partial charge in [-0.05, 0) is 72.2 Å². The summed E-state index contributed by atoms with van der Waals surface area (Å²) in [6, 6.07) is 7.79. The van der Waals surface area contributed by atoms with Crippen molar-refractivity contribution >= 4 is 64.2 Å². The first-order valence-electron chi connectivity index (χ1n) is 15.5. The average molecular weight is 788 g/mol. The van der Waals surface area contributed by atoms with Gasteiger partial charge in [0.05, 0.1) is 18.1 Å². The zero-order chi connectivity index (χ0) is 39.6. The van der Waals surface area contributed by atoms with Crippen LogP contribution in [0.2, 0.25) is 5.02 Å². The number of carboxylic acids is 2. The molecule has 3 aromatic heterocycles. The van der Waals surface area contributed by atoms with E-state index in [1.807, 2.05) is 30.5 Å². The molecule has 1 aromatic carbocycles. The van der Waals surface area contributed by atoms with Crippen molar-refractivity contribution in [2.45, 2.75) is 44.5 Å². The Morgan fingerprint density at radius 3 is 2.19 bits per heavy atom. The summed E-state index contributed by atoms with van der Waals surface area (Å²) in [5.41, 5.74) is 4.54. The molecule has 2 aliphatic rings. The molecule has 0 radical (unpaired) electrons. The highest BCUT2D eigenvalue weighted by Crippen LogP contribution is 2.30. The van der Waals surface area contributed by atoms with E-state index in [9.17, 15) is 35.9 Å². The van der Waals surface area contributed by atoms with E-state index in [1.165, 1.54) is 12.4 Å². The topological polar surface area (TPSA) is 226 Å². The number of nitrogens with one attached hydrogen (secondary N) is 3. The Hall–Kier alpha value is -6.06. The van der Waals surface area contributed by atoms with Gasteiger partial charge in [-0.15, -0.1) is 0 Å². The molecule has 6 rings (SSSR count). The monoisotopic (exact) mass is 787 g/mol. The molecule has 6 bridgehead atoms. The molecule has 0 atom stereocenters. The SMILES string of the molecule is O=C(CC1CCN(C(=O)c2cnon2)CC1)Nc1ccc2cc1CCc1cncc(c1)Nc1ncc(Cl)c(n1)N2.O=C(O)C(F)(F)F.O=C(O)C(F)(F)F. The van der Waals surface area contributed by atoms with Gasteiger partial charge in [0.25, 0.3) is 5.91 Å². The number of anilines is 5. The number of aromatic nitrogens is 5. The zero-order valence-corrected chi connectivity index (χ0v) is 28.2. The van der Waals surface area contributed by atoms with Crippen LogP contribution < -0.4 is 16.0 Å². The summed E-state index contributed by atoms with van der Waals surface area (Å²) in [4.78, 5) is 58.2. The molecule has 54 heavy (non-hydrogen) atoms. The van der Waals surface area contributed by atoms with Crippen LogP contribution in [-0.4, -0.2) is 89.6 Å². The predicted octanol–water partition coefficient (Wildman–Crippen LogP) is 5.64. The summed E-state index contributed by atoms with van der Waals surface area (Å²) >= 11 is 6.36. The lowest BCUT2D eigenvalue weighted by atomic mass is 9.93. The van der Waals surface area contributed by atoms with E-state index >= 15 is 0 Å². The summed E-state index contributed by atoms with van der Waals surface area (Å²) in [7, 11) is 0. The minimum absolute atomic E-state index is 0.0540. The maximum Gasteiger partial charge on any atom is 0.490 e. The van der Waals surface area contributed by atoms with Crippen molar-refractivity contribution < 1.29 is 60.4 Å². The van der Waals surface area contributed by atoms with Gasteiger partial charge in [-0.3, -0.25) is 14.6 Å².